The molecule has 0 saturated carbocycles. The van der Waals surface area contributed by atoms with Crippen molar-refractivity contribution in [1.82, 2.24) is 15.1 Å². The van der Waals surface area contributed by atoms with E-state index in [2.05, 4.69) is 40.9 Å². The summed E-state index contributed by atoms with van der Waals surface area (Å²) in [7, 11) is 3.78. The number of nitrogens with zero attached hydrogens (tertiary/aromatic N) is 3. The lowest BCUT2D eigenvalue weighted by atomic mass is 10.2. The van der Waals surface area contributed by atoms with Gasteiger partial charge in [0.05, 0.1) is 12.3 Å². The number of thioether (sulfide) groups is 1. The van der Waals surface area contributed by atoms with Gasteiger partial charge in [0.2, 0.25) is 0 Å². The summed E-state index contributed by atoms with van der Waals surface area (Å²) < 4.78 is 7.11. The third-order valence-corrected chi connectivity index (χ3v) is 4.77. The number of aryl methyl sites for hydroxylation is 2. The lowest BCUT2D eigenvalue weighted by molar-refractivity contribution is 0.199. The molecule has 5 nitrogen and oxygen atoms in total. The first kappa shape index (κ1) is 15.7. The Labute approximate surface area is 126 Å². The van der Waals surface area contributed by atoms with Crippen molar-refractivity contribution in [2.24, 2.45) is 7.05 Å². The standard InChI is InChI=1S/C14H26N4OS/c1-11-10-18(6-8-20-11)14-13(9-15-5-7-19-4)12(2)16-17(14)3/h11,15H,5-10H2,1-4H3. The smallest absolute Gasteiger partial charge is 0.131 e. The van der Waals surface area contributed by atoms with Crippen LogP contribution in [0.25, 0.3) is 0 Å². The van der Waals surface area contributed by atoms with E-state index in [1.54, 1.807) is 7.11 Å². The van der Waals surface area contributed by atoms with Crippen LogP contribution >= 0.6 is 11.8 Å². The van der Waals surface area contributed by atoms with Crippen LogP contribution in [-0.2, 0) is 18.3 Å². The van der Waals surface area contributed by atoms with Crippen LogP contribution in [0, 0.1) is 6.92 Å². The molecule has 0 spiro atoms. The van der Waals surface area contributed by atoms with E-state index in [0.717, 1.165) is 38.5 Å². The van der Waals surface area contributed by atoms with Crippen molar-refractivity contribution < 1.29 is 4.74 Å². The minimum Gasteiger partial charge on any atom is -0.383 e. The van der Waals surface area contributed by atoms with Crippen molar-refractivity contribution in [3.8, 4) is 0 Å². The van der Waals surface area contributed by atoms with Crippen LogP contribution in [0.2, 0.25) is 0 Å². The Morgan fingerprint density at radius 1 is 1.50 bits per heavy atom. The van der Waals surface area contributed by atoms with E-state index in [-0.39, 0.29) is 0 Å². The Morgan fingerprint density at radius 3 is 3.00 bits per heavy atom. The molecule has 1 aromatic rings. The quantitative estimate of drug-likeness (QED) is 0.804. The van der Waals surface area contributed by atoms with Gasteiger partial charge in [0, 0.05) is 56.9 Å². The molecule has 2 heterocycles. The topological polar surface area (TPSA) is 42.3 Å². The molecule has 1 atom stereocenters. The van der Waals surface area contributed by atoms with Gasteiger partial charge >= 0.3 is 0 Å². The maximum absolute atomic E-state index is 5.08. The Morgan fingerprint density at radius 2 is 2.30 bits per heavy atom. The zero-order valence-electron chi connectivity index (χ0n) is 13.0. The van der Waals surface area contributed by atoms with Crippen molar-refractivity contribution in [3.05, 3.63) is 11.3 Å². The number of aromatic nitrogens is 2. The highest BCUT2D eigenvalue weighted by Gasteiger charge is 2.23. The first-order chi connectivity index (χ1) is 9.63. The van der Waals surface area contributed by atoms with Gasteiger partial charge in [-0.05, 0) is 6.92 Å². The van der Waals surface area contributed by atoms with E-state index in [0.29, 0.717) is 5.25 Å². The number of rotatable bonds is 6. The predicted molar refractivity (Wildman–Crippen MR) is 85.7 cm³/mol. The van der Waals surface area contributed by atoms with Gasteiger partial charge in [0.15, 0.2) is 0 Å². The van der Waals surface area contributed by atoms with Gasteiger partial charge in [-0.2, -0.15) is 16.9 Å². The maximum Gasteiger partial charge on any atom is 0.131 e. The molecule has 1 unspecified atom stereocenters. The highest BCUT2D eigenvalue weighted by molar-refractivity contribution is 8.00. The first-order valence-electron chi connectivity index (χ1n) is 7.22. The Bertz CT molecular complexity index is 435. The number of ether oxygens (including phenoxy) is 1. The molecule has 0 aliphatic carbocycles. The number of anilines is 1. The molecule has 20 heavy (non-hydrogen) atoms. The molecule has 1 aliphatic heterocycles. The zero-order valence-corrected chi connectivity index (χ0v) is 13.8. The number of nitrogens with one attached hydrogen (secondary N) is 1. The Kier molecular flexibility index (Phi) is 5.74. The highest BCUT2D eigenvalue weighted by Crippen LogP contribution is 2.28. The second-order valence-electron chi connectivity index (χ2n) is 5.31. The SMILES string of the molecule is COCCNCc1c(C)nn(C)c1N1CCSC(C)C1. The molecule has 6 heteroatoms. The lowest BCUT2D eigenvalue weighted by Gasteiger charge is -2.33. The van der Waals surface area contributed by atoms with Crippen LogP contribution in [-0.4, -0.2) is 54.1 Å². The van der Waals surface area contributed by atoms with Crippen molar-refractivity contribution >= 4 is 17.6 Å². The molecule has 1 N–H and O–H groups in total. The van der Waals surface area contributed by atoms with Gasteiger partial charge in [-0.15, -0.1) is 0 Å². The molecule has 1 saturated heterocycles. The molecular weight excluding hydrogens is 272 g/mol. The fourth-order valence-electron chi connectivity index (χ4n) is 2.69. The van der Waals surface area contributed by atoms with Crippen molar-refractivity contribution in [2.75, 3.05) is 44.0 Å². The maximum atomic E-state index is 5.08. The highest BCUT2D eigenvalue weighted by atomic mass is 32.2. The van der Waals surface area contributed by atoms with Crippen LogP contribution in [0.15, 0.2) is 0 Å². The summed E-state index contributed by atoms with van der Waals surface area (Å²) >= 11 is 2.06. The van der Waals surface area contributed by atoms with Gasteiger partial charge in [-0.3, -0.25) is 4.68 Å². The molecule has 114 valence electrons. The summed E-state index contributed by atoms with van der Waals surface area (Å²) in [6.07, 6.45) is 0. The second-order valence-corrected chi connectivity index (χ2v) is 6.85. The fourth-order valence-corrected chi connectivity index (χ4v) is 3.70. The van der Waals surface area contributed by atoms with E-state index in [1.807, 2.05) is 11.7 Å². The van der Waals surface area contributed by atoms with Crippen LogP contribution < -0.4 is 10.2 Å². The minimum atomic E-state index is 0.688. The summed E-state index contributed by atoms with van der Waals surface area (Å²) in [5, 5.41) is 8.73. The summed E-state index contributed by atoms with van der Waals surface area (Å²) in [6, 6.07) is 0. The summed E-state index contributed by atoms with van der Waals surface area (Å²) in [6.45, 7) is 9.09. The third kappa shape index (κ3) is 3.68. The van der Waals surface area contributed by atoms with E-state index >= 15 is 0 Å². The molecule has 1 fully saturated rings. The molecule has 2 rings (SSSR count). The van der Waals surface area contributed by atoms with E-state index in [9.17, 15) is 0 Å². The Balaban J connectivity index is 2.10. The number of hydrogen-bond acceptors (Lipinski definition) is 5. The van der Waals surface area contributed by atoms with Crippen molar-refractivity contribution in [3.63, 3.8) is 0 Å². The number of hydrogen-bond donors (Lipinski definition) is 1. The van der Waals surface area contributed by atoms with Crippen LogP contribution in [0.3, 0.4) is 0 Å². The molecule has 0 amide bonds. The van der Waals surface area contributed by atoms with Crippen molar-refractivity contribution in [1.29, 1.82) is 0 Å². The van der Waals surface area contributed by atoms with E-state index in [1.165, 1.54) is 17.1 Å². The molecule has 0 aromatic carbocycles. The van der Waals surface area contributed by atoms with Crippen LogP contribution in [0.4, 0.5) is 5.82 Å². The van der Waals surface area contributed by atoms with Gasteiger partial charge < -0.3 is 15.0 Å². The van der Waals surface area contributed by atoms with Gasteiger partial charge in [-0.1, -0.05) is 6.92 Å². The van der Waals surface area contributed by atoms with Gasteiger partial charge in [-0.25, -0.2) is 0 Å². The molecule has 0 bridgehead atoms. The molecule has 1 aromatic heterocycles. The van der Waals surface area contributed by atoms with Crippen LogP contribution in [0.1, 0.15) is 18.2 Å². The molecule has 0 radical (unpaired) electrons. The minimum absolute atomic E-state index is 0.688. The second kappa shape index (κ2) is 7.33. The predicted octanol–water partition coefficient (Wildman–Crippen LogP) is 1.41. The summed E-state index contributed by atoms with van der Waals surface area (Å²) in [5.41, 5.74) is 2.45. The first-order valence-corrected chi connectivity index (χ1v) is 8.27. The van der Waals surface area contributed by atoms with E-state index in [4.69, 9.17) is 4.74 Å². The molecule has 1 aliphatic rings. The average molecular weight is 298 g/mol. The Hall–Kier alpha value is -0.720. The lowest BCUT2D eigenvalue weighted by Crippen LogP contribution is -2.38. The number of methoxy groups -OCH3 is 1. The van der Waals surface area contributed by atoms with E-state index < -0.39 is 0 Å². The summed E-state index contributed by atoms with van der Waals surface area (Å²) in [5.74, 6) is 2.47. The zero-order chi connectivity index (χ0) is 14.5. The fraction of sp³-hybridized carbons (Fsp3) is 0.786. The third-order valence-electron chi connectivity index (χ3n) is 3.64. The summed E-state index contributed by atoms with van der Waals surface area (Å²) in [4.78, 5) is 2.48. The normalized spacial score (nSPS) is 19.6. The average Bonchev–Trinajstić information content (AvgIpc) is 2.69. The monoisotopic (exact) mass is 298 g/mol. The van der Waals surface area contributed by atoms with Gasteiger partial charge in [0.25, 0.3) is 0 Å². The largest absolute Gasteiger partial charge is 0.383 e. The van der Waals surface area contributed by atoms with Crippen molar-refractivity contribution in [2.45, 2.75) is 25.6 Å². The van der Waals surface area contributed by atoms with Gasteiger partial charge in [0.1, 0.15) is 5.82 Å². The van der Waals surface area contributed by atoms with Crippen LogP contribution in [0.5, 0.6) is 0 Å². The molecular formula is C14H26N4OS.